The molecule has 0 bridgehead atoms. The molecule has 3 nitrogen and oxygen atoms in total. The number of rotatable bonds is 1. The number of benzene rings is 1. The smallest absolute Gasteiger partial charge is 0.115 e. The Labute approximate surface area is 116 Å². The first kappa shape index (κ1) is 11.2. The van der Waals surface area contributed by atoms with Crippen LogP contribution in [0.1, 0.15) is 11.1 Å². The number of aromatic nitrogens is 2. The zero-order valence-corrected chi connectivity index (χ0v) is 10.7. The molecule has 2 heterocycles. The lowest BCUT2D eigenvalue weighted by molar-refractivity contribution is 0.475. The van der Waals surface area contributed by atoms with Gasteiger partial charge in [0, 0.05) is 18.8 Å². The van der Waals surface area contributed by atoms with E-state index in [0.717, 1.165) is 28.9 Å². The Bertz CT molecular complexity index is 794. The van der Waals surface area contributed by atoms with Crippen LogP contribution in [0.4, 0.5) is 0 Å². The molecule has 0 unspecified atom stereocenters. The molecular weight excluding hydrogens is 248 g/mol. The Morgan fingerprint density at radius 1 is 0.850 bits per heavy atom. The molecule has 1 N–H and O–H groups in total. The summed E-state index contributed by atoms with van der Waals surface area (Å²) >= 11 is 0. The molecule has 1 aliphatic carbocycles. The highest BCUT2D eigenvalue weighted by Gasteiger charge is 2.23. The monoisotopic (exact) mass is 260 g/mol. The second kappa shape index (κ2) is 4.17. The normalized spacial score (nSPS) is 12.0. The number of fused-ring (bicyclic) bond motifs is 3. The van der Waals surface area contributed by atoms with Crippen LogP contribution in [0.3, 0.4) is 0 Å². The summed E-state index contributed by atoms with van der Waals surface area (Å²) in [5, 5.41) is 9.42. The van der Waals surface area contributed by atoms with Gasteiger partial charge in [-0.25, -0.2) is 0 Å². The number of aromatic hydroxyl groups is 1. The fourth-order valence-corrected chi connectivity index (χ4v) is 2.77. The van der Waals surface area contributed by atoms with E-state index < -0.39 is 0 Å². The van der Waals surface area contributed by atoms with Crippen molar-refractivity contribution in [2.75, 3.05) is 0 Å². The van der Waals surface area contributed by atoms with Gasteiger partial charge in [0.25, 0.3) is 0 Å². The molecule has 96 valence electrons. The van der Waals surface area contributed by atoms with Crippen molar-refractivity contribution in [1.82, 2.24) is 9.97 Å². The summed E-state index contributed by atoms with van der Waals surface area (Å²) in [7, 11) is 0. The summed E-state index contributed by atoms with van der Waals surface area (Å²) in [6, 6.07) is 13.4. The summed E-state index contributed by atoms with van der Waals surface area (Å²) < 4.78 is 0. The van der Waals surface area contributed by atoms with Crippen molar-refractivity contribution in [3.05, 3.63) is 66.0 Å². The molecule has 20 heavy (non-hydrogen) atoms. The Kier molecular flexibility index (Phi) is 2.33. The Morgan fingerprint density at radius 2 is 1.65 bits per heavy atom. The van der Waals surface area contributed by atoms with Crippen LogP contribution in [0, 0.1) is 0 Å². The predicted octanol–water partition coefficient (Wildman–Crippen LogP) is 3.42. The number of hydrogen-bond acceptors (Lipinski definition) is 3. The molecule has 0 aliphatic heterocycles. The van der Waals surface area contributed by atoms with Gasteiger partial charge in [-0.15, -0.1) is 0 Å². The van der Waals surface area contributed by atoms with E-state index in [-0.39, 0.29) is 5.75 Å². The van der Waals surface area contributed by atoms with E-state index in [0.29, 0.717) is 0 Å². The standard InChI is InChI=1S/C17H12N2O/c20-13-5-3-11(4-6-13)14-7-9-19-17-15(14)10-12-2-1-8-18-16(12)17/h1-9,20H,10H2. The molecule has 4 rings (SSSR count). The predicted molar refractivity (Wildman–Crippen MR) is 77.4 cm³/mol. The van der Waals surface area contributed by atoms with Crippen molar-refractivity contribution in [1.29, 1.82) is 0 Å². The van der Waals surface area contributed by atoms with Crippen molar-refractivity contribution < 1.29 is 5.11 Å². The van der Waals surface area contributed by atoms with Crippen LogP contribution in [0.15, 0.2) is 54.9 Å². The maximum Gasteiger partial charge on any atom is 0.115 e. The molecule has 0 saturated carbocycles. The van der Waals surface area contributed by atoms with Gasteiger partial charge in [0.15, 0.2) is 0 Å². The number of phenolic OH excluding ortho intramolecular Hbond substituents is 1. The molecule has 0 spiro atoms. The lowest BCUT2D eigenvalue weighted by Gasteiger charge is -2.07. The van der Waals surface area contributed by atoms with Gasteiger partial charge in [0.2, 0.25) is 0 Å². The third kappa shape index (κ3) is 1.60. The maximum atomic E-state index is 9.42. The Balaban J connectivity index is 1.91. The zero-order chi connectivity index (χ0) is 13.5. The van der Waals surface area contributed by atoms with Crippen LogP contribution in [0.2, 0.25) is 0 Å². The zero-order valence-electron chi connectivity index (χ0n) is 10.7. The number of phenols is 1. The van der Waals surface area contributed by atoms with Gasteiger partial charge >= 0.3 is 0 Å². The van der Waals surface area contributed by atoms with E-state index in [1.54, 1.807) is 12.1 Å². The summed E-state index contributed by atoms with van der Waals surface area (Å²) in [5.41, 5.74) is 6.66. The molecule has 1 aromatic carbocycles. The van der Waals surface area contributed by atoms with Gasteiger partial charge in [-0.05, 0) is 46.5 Å². The number of nitrogens with zero attached hydrogens (tertiary/aromatic N) is 2. The topological polar surface area (TPSA) is 46.0 Å². The molecule has 0 radical (unpaired) electrons. The van der Waals surface area contributed by atoms with Crippen molar-refractivity contribution in [3.63, 3.8) is 0 Å². The highest BCUT2D eigenvalue weighted by atomic mass is 16.3. The first-order valence-corrected chi connectivity index (χ1v) is 6.54. The quantitative estimate of drug-likeness (QED) is 0.570. The van der Waals surface area contributed by atoms with Crippen LogP contribution in [-0.4, -0.2) is 15.1 Å². The van der Waals surface area contributed by atoms with Crippen LogP contribution in [0.25, 0.3) is 22.5 Å². The van der Waals surface area contributed by atoms with E-state index in [1.807, 2.05) is 36.7 Å². The Morgan fingerprint density at radius 3 is 2.50 bits per heavy atom. The largest absolute Gasteiger partial charge is 0.508 e. The molecule has 1 aliphatic rings. The maximum absolute atomic E-state index is 9.42. The minimum Gasteiger partial charge on any atom is -0.508 e. The highest BCUT2D eigenvalue weighted by Crippen LogP contribution is 2.38. The lowest BCUT2D eigenvalue weighted by atomic mass is 9.99. The molecule has 3 heteroatoms. The molecular formula is C17H12N2O. The third-order valence-electron chi connectivity index (χ3n) is 3.72. The first-order chi connectivity index (χ1) is 9.83. The SMILES string of the molecule is Oc1ccc(-c2ccnc3c2Cc2cccnc2-3)cc1. The minimum atomic E-state index is 0.282. The minimum absolute atomic E-state index is 0.282. The second-order valence-corrected chi connectivity index (χ2v) is 4.92. The average Bonchev–Trinajstić information content (AvgIpc) is 2.87. The van der Waals surface area contributed by atoms with Gasteiger partial charge in [0.05, 0.1) is 11.4 Å². The van der Waals surface area contributed by atoms with Crippen LogP contribution in [0.5, 0.6) is 5.75 Å². The first-order valence-electron chi connectivity index (χ1n) is 6.54. The van der Waals surface area contributed by atoms with Gasteiger partial charge in [-0.3, -0.25) is 9.97 Å². The van der Waals surface area contributed by atoms with Crippen molar-refractivity contribution >= 4 is 0 Å². The fourth-order valence-electron chi connectivity index (χ4n) is 2.77. The summed E-state index contributed by atoms with van der Waals surface area (Å²) in [6.07, 6.45) is 4.50. The van der Waals surface area contributed by atoms with Gasteiger partial charge in [-0.1, -0.05) is 18.2 Å². The van der Waals surface area contributed by atoms with Crippen molar-refractivity contribution in [2.24, 2.45) is 0 Å². The number of hydrogen-bond donors (Lipinski definition) is 1. The molecule has 0 atom stereocenters. The fraction of sp³-hybridized carbons (Fsp3) is 0.0588. The van der Waals surface area contributed by atoms with E-state index in [2.05, 4.69) is 16.0 Å². The molecule has 3 aromatic rings. The van der Waals surface area contributed by atoms with E-state index >= 15 is 0 Å². The molecule has 0 amide bonds. The van der Waals surface area contributed by atoms with E-state index in [4.69, 9.17) is 0 Å². The van der Waals surface area contributed by atoms with Crippen molar-refractivity contribution in [3.8, 4) is 28.3 Å². The number of pyridine rings is 2. The van der Waals surface area contributed by atoms with Gasteiger partial charge < -0.3 is 5.11 Å². The molecule has 2 aromatic heterocycles. The van der Waals surface area contributed by atoms with Gasteiger partial charge in [-0.2, -0.15) is 0 Å². The third-order valence-corrected chi connectivity index (χ3v) is 3.72. The summed E-state index contributed by atoms with van der Waals surface area (Å²) in [4.78, 5) is 8.94. The molecule has 0 fully saturated rings. The van der Waals surface area contributed by atoms with Crippen LogP contribution < -0.4 is 0 Å². The Hall–Kier alpha value is -2.68. The average molecular weight is 260 g/mol. The van der Waals surface area contributed by atoms with E-state index in [1.165, 1.54) is 11.1 Å². The van der Waals surface area contributed by atoms with Crippen molar-refractivity contribution in [2.45, 2.75) is 6.42 Å². The van der Waals surface area contributed by atoms with Crippen LogP contribution >= 0.6 is 0 Å². The van der Waals surface area contributed by atoms with E-state index in [9.17, 15) is 5.11 Å². The summed E-state index contributed by atoms with van der Waals surface area (Å²) in [5.74, 6) is 0.282. The summed E-state index contributed by atoms with van der Waals surface area (Å²) in [6.45, 7) is 0. The second-order valence-electron chi connectivity index (χ2n) is 4.92. The highest BCUT2D eigenvalue weighted by molar-refractivity contribution is 5.80. The molecule has 0 saturated heterocycles. The van der Waals surface area contributed by atoms with Crippen LogP contribution in [-0.2, 0) is 6.42 Å². The lowest BCUT2D eigenvalue weighted by Crippen LogP contribution is -1.90. The van der Waals surface area contributed by atoms with Gasteiger partial charge in [0.1, 0.15) is 5.75 Å².